The summed E-state index contributed by atoms with van der Waals surface area (Å²) >= 11 is 0. The van der Waals surface area contributed by atoms with E-state index in [9.17, 15) is 4.39 Å². The Morgan fingerprint density at radius 2 is 2.13 bits per heavy atom. The molecule has 0 spiro atoms. The maximum absolute atomic E-state index is 13.6. The molecule has 1 fully saturated rings. The first kappa shape index (κ1) is 10.2. The second-order valence-electron chi connectivity index (χ2n) is 3.66. The molecule has 0 aromatic heterocycles. The van der Waals surface area contributed by atoms with E-state index in [1.807, 2.05) is 4.90 Å². The largest absolute Gasteiger partial charge is 0.399 e. The Labute approximate surface area is 88.6 Å². The van der Waals surface area contributed by atoms with Gasteiger partial charge in [0.05, 0.1) is 12.3 Å². The van der Waals surface area contributed by atoms with Crippen molar-refractivity contribution >= 4 is 11.4 Å². The Morgan fingerprint density at radius 1 is 1.27 bits per heavy atom. The van der Waals surface area contributed by atoms with Crippen LogP contribution in [0, 0.1) is 5.82 Å². The molecule has 2 rings (SSSR count). The van der Waals surface area contributed by atoms with E-state index < -0.39 is 0 Å². The molecule has 0 saturated carbocycles. The molecular weight excluding hydrogens is 195 g/mol. The lowest BCUT2D eigenvalue weighted by Gasteiger charge is -2.22. The summed E-state index contributed by atoms with van der Waals surface area (Å²) in [5, 5.41) is 0. The van der Waals surface area contributed by atoms with Gasteiger partial charge >= 0.3 is 0 Å². The first-order chi connectivity index (χ1) is 7.27. The van der Waals surface area contributed by atoms with E-state index in [0.717, 1.165) is 26.1 Å². The molecule has 15 heavy (non-hydrogen) atoms. The number of nitrogens with zero attached hydrogens (tertiary/aromatic N) is 1. The predicted molar refractivity (Wildman–Crippen MR) is 58.5 cm³/mol. The zero-order valence-electron chi connectivity index (χ0n) is 8.58. The molecular formula is C11H15FN2O. The van der Waals surface area contributed by atoms with Gasteiger partial charge in [0.1, 0.15) is 5.82 Å². The summed E-state index contributed by atoms with van der Waals surface area (Å²) in [7, 11) is 0. The van der Waals surface area contributed by atoms with Gasteiger partial charge < -0.3 is 15.4 Å². The highest BCUT2D eigenvalue weighted by atomic mass is 19.1. The van der Waals surface area contributed by atoms with E-state index >= 15 is 0 Å². The van der Waals surface area contributed by atoms with E-state index in [1.54, 1.807) is 12.1 Å². The van der Waals surface area contributed by atoms with Crippen molar-refractivity contribution in [2.75, 3.05) is 36.9 Å². The van der Waals surface area contributed by atoms with E-state index in [1.165, 1.54) is 6.07 Å². The summed E-state index contributed by atoms with van der Waals surface area (Å²) in [5.74, 6) is -0.253. The van der Waals surface area contributed by atoms with Crippen LogP contribution in [0.1, 0.15) is 6.42 Å². The van der Waals surface area contributed by atoms with E-state index in [0.29, 0.717) is 18.0 Å². The molecule has 1 aromatic carbocycles. The third-order valence-electron chi connectivity index (χ3n) is 2.53. The van der Waals surface area contributed by atoms with Gasteiger partial charge in [0.2, 0.25) is 0 Å². The number of rotatable bonds is 1. The van der Waals surface area contributed by atoms with Crippen molar-refractivity contribution in [3.05, 3.63) is 24.0 Å². The Kier molecular flexibility index (Phi) is 3.06. The van der Waals surface area contributed by atoms with Gasteiger partial charge in [-0.1, -0.05) is 0 Å². The first-order valence-corrected chi connectivity index (χ1v) is 5.15. The minimum atomic E-state index is -0.253. The van der Waals surface area contributed by atoms with Gasteiger partial charge in [-0.3, -0.25) is 0 Å². The van der Waals surface area contributed by atoms with Crippen LogP contribution in [0.4, 0.5) is 15.8 Å². The molecule has 0 aliphatic carbocycles. The summed E-state index contributed by atoms with van der Waals surface area (Å²) in [6.07, 6.45) is 0.934. The number of nitrogens with two attached hydrogens (primary N) is 1. The van der Waals surface area contributed by atoms with Gasteiger partial charge in [0.15, 0.2) is 0 Å². The highest BCUT2D eigenvalue weighted by Gasteiger charge is 2.13. The number of anilines is 2. The highest BCUT2D eigenvalue weighted by Crippen LogP contribution is 2.22. The Morgan fingerprint density at radius 3 is 2.93 bits per heavy atom. The number of halogens is 1. The van der Waals surface area contributed by atoms with Crippen LogP contribution in [-0.4, -0.2) is 26.3 Å². The van der Waals surface area contributed by atoms with E-state index in [2.05, 4.69) is 0 Å². The van der Waals surface area contributed by atoms with Crippen molar-refractivity contribution in [2.24, 2.45) is 0 Å². The number of hydrogen-bond acceptors (Lipinski definition) is 3. The summed E-state index contributed by atoms with van der Waals surface area (Å²) < 4.78 is 18.9. The monoisotopic (exact) mass is 210 g/mol. The third-order valence-corrected chi connectivity index (χ3v) is 2.53. The van der Waals surface area contributed by atoms with E-state index in [4.69, 9.17) is 10.5 Å². The van der Waals surface area contributed by atoms with Crippen LogP contribution in [0.3, 0.4) is 0 Å². The number of nitrogen functional groups attached to an aromatic ring is 1. The molecule has 0 radical (unpaired) electrons. The van der Waals surface area contributed by atoms with Crippen LogP contribution < -0.4 is 10.6 Å². The summed E-state index contributed by atoms with van der Waals surface area (Å²) in [6.45, 7) is 2.98. The molecule has 82 valence electrons. The van der Waals surface area contributed by atoms with Gasteiger partial charge in [-0.25, -0.2) is 4.39 Å². The fourth-order valence-corrected chi connectivity index (χ4v) is 1.77. The zero-order valence-corrected chi connectivity index (χ0v) is 8.58. The molecule has 1 saturated heterocycles. The summed E-state index contributed by atoms with van der Waals surface area (Å²) in [4.78, 5) is 2.00. The lowest BCUT2D eigenvalue weighted by molar-refractivity contribution is 0.152. The SMILES string of the molecule is Nc1ccc(N2CCCOCC2)c(F)c1. The standard InChI is InChI=1S/C11H15FN2O/c12-10-8-9(13)2-3-11(10)14-4-1-6-15-7-5-14/h2-3,8H,1,4-7,13H2. The lowest BCUT2D eigenvalue weighted by atomic mass is 10.2. The number of benzene rings is 1. The normalized spacial score (nSPS) is 17.5. The molecule has 3 nitrogen and oxygen atoms in total. The molecule has 2 N–H and O–H groups in total. The second-order valence-corrected chi connectivity index (χ2v) is 3.66. The maximum atomic E-state index is 13.6. The summed E-state index contributed by atoms with van der Waals surface area (Å²) in [6, 6.07) is 4.82. The number of ether oxygens (including phenoxy) is 1. The van der Waals surface area contributed by atoms with Crippen LogP contribution >= 0.6 is 0 Å². The van der Waals surface area contributed by atoms with Crippen molar-refractivity contribution in [1.29, 1.82) is 0 Å². The van der Waals surface area contributed by atoms with E-state index in [-0.39, 0.29) is 5.82 Å². The molecule has 1 heterocycles. The van der Waals surface area contributed by atoms with Crippen molar-refractivity contribution in [3.63, 3.8) is 0 Å². The molecule has 1 aliphatic rings. The van der Waals surface area contributed by atoms with Crippen LogP contribution in [0.2, 0.25) is 0 Å². The quantitative estimate of drug-likeness (QED) is 0.716. The zero-order chi connectivity index (χ0) is 10.7. The summed E-state index contributed by atoms with van der Waals surface area (Å²) in [5.41, 5.74) is 6.59. The van der Waals surface area contributed by atoms with Crippen LogP contribution in [0.25, 0.3) is 0 Å². The fraction of sp³-hybridized carbons (Fsp3) is 0.455. The minimum Gasteiger partial charge on any atom is -0.399 e. The lowest BCUT2D eigenvalue weighted by Crippen LogP contribution is -2.26. The van der Waals surface area contributed by atoms with Crippen LogP contribution in [-0.2, 0) is 4.74 Å². The topological polar surface area (TPSA) is 38.5 Å². The second kappa shape index (κ2) is 4.49. The van der Waals surface area contributed by atoms with Gasteiger partial charge in [0, 0.05) is 25.4 Å². The maximum Gasteiger partial charge on any atom is 0.148 e. The van der Waals surface area contributed by atoms with Gasteiger partial charge in [-0.2, -0.15) is 0 Å². The fourth-order valence-electron chi connectivity index (χ4n) is 1.77. The molecule has 0 amide bonds. The smallest absolute Gasteiger partial charge is 0.148 e. The average Bonchev–Trinajstić information content (AvgIpc) is 2.46. The first-order valence-electron chi connectivity index (χ1n) is 5.15. The molecule has 0 unspecified atom stereocenters. The van der Waals surface area contributed by atoms with Crippen molar-refractivity contribution < 1.29 is 9.13 Å². The Hall–Kier alpha value is -1.29. The molecule has 4 heteroatoms. The molecule has 1 aliphatic heterocycles. The molecule has 0 atom stereocenters. The van der Waals surface area contributed by atoms with Crippen LogP contribution in [0.5, 0.6) is 0 Å². The third kappa shape index (κ3) is 2.39. The Balaban J connectivity index is 2.19. The average molecular weight is 210 g/mol. The van der Waals surface area contributed by atoms with Gasteiger partial charge in [0.25, 0.3) is 0 Å². The van der Waals surface area contributed by atoms with Gasteiger partial charge in [-0.05, 0) is 24.6 Å². The van der Waals surface area contributed by atoms with Crippen LogP contribution in [0.15, 0.2) is 18.2 Å². The molecule has 1 aromatic rings. The van der Waals surface area contributed by atoms with Crippen molar-refractivity contribution in [1.82, 2.24) is 0 Å². The minimum absolute atomic E-state index is 0.253. The predicted octanol–water partition coefficient (Wildman–Crippen LogP) is 1.63. The number of hydrogen-bond donors (Lipinski definition) is 1. The highest BCUT2D eigenvalue weighted by molar-refractivity contribution is 5.54. The Bertz CT molecular complexity index is 335. The van der Waals surface area contributed by atoms with Crippen molar-refractivity contribution in [3.8, 4) is 0 Å². The molecule has 0 bridgehead atoms. The van der Waals surface area contributed by atoms with Gasteiger partial charge in [-0.15, -0.1) is 0 Å². The van der Waals surface area contributed by atoms with Crippen molar-refractivity contribution in [2.45, 2.75) is 6.42 Å².